The second-order valence-corrected chi connectivity index (χ2v) is 7.18. The van der Waals surface area contributed by atoms with Crippen molar-refractivity contribution in [2.75, 3.05) is 0 Å². The number of nitrogens with zero attached hydrogens (tertiary/aromatic N) is 2. The molecule has 4 aromatic rings. The lowest BCUT2D eigenvalue weighted by Crippen LogP contribution is -2.30. The minimum atomic E-state index is 0.383. The average Bonchev–Trinajstić information content (AvgIpc) is 2.94. The summed E-state index contributed by atoms with van der Waals surface area (Å²) < 4.78 is 8.43. The quantitative estimate of drug-likeness (QED) is 0.472. The van der Waals surface area contributed by atoms with Crippen molar-refractivity contribution in [1.29, 1.82) is 0 Å². The molecule has 0 amide bonds. The number of benzene rings is 1. The topological polar surface area (TPSA) is 29.9 Å². The van der Waals surface area contributed by atoms with Gasteiger partial charge < -0.3 is 4.42 Å². The first-order valence-corrected chi connectivity index (χ1v) is 8.75. The molecule has 0 N–H and O–H groups in total. The van der Waals surface area contributed by atoms with Gasteiger partial charge in [0, 0.05) is 28.6 Å². The Morgan fingerprint density at radius 1 is 1.00 bits per heavy atom. The van der Waals surface area contributed by atoms with E-state index in [4.69, 9.17) is 9.40 Å². The Labute approximate surface area is 147 Å². The average molecular weight is 331 g/mol. The zero-order valence-corrected chi connectivity index (χ0v) is 15.4. The first-order chi connectivity index (χ1) is 12.0. The van der Waals surface area contributed by atoms with Crippen molar-refractivity contribution in [3.05, 3.63) is 59.4 Å². The van der Waals surface area contributed by atoms with Crippen molar-refractivity contribution in [2.24, 2.45) is 7.05 Å². The molecule has 3 heterocycles. The molecule has 3 nitrogen and oxygen atoms in total. The number of aryl methyl sites for hydroxylation is 3. The Bertz CT molecular complexity index is 1110. The van der Waals surface area contributed by atoms with Gasteiger partial charge in [-0.3, -0.25) is 0 Å². The van der Waals surface area contributed by atoms with Gasteiger partial charge in [-0.2, -0.15) is 0 Å². The maximum atomic E-state index is 6.28. The fourth-order valence-corrected chi connectivity index (χ4v) is 3.40. The van der Waals surface area contributed by atoms with Crippen molar-refractivity contribution in [3.63, 3.8) is 0 Å². The van der Waals surface area contributed by atoms with Gasteiger partial charge in [-0.15, -0.1) is 0 Å². The monoisotopic (exact) mass is 331 g/mol. The summed E-state index contributed by atoms with van der Waals surface area (Å²) in [5.41, 5.74) is 7.45. The number of rotatable bonds is 2. The predicted molar refractivity (Wildman–Crippen MR) is 102 cm³/mol. The summed E-state index contributed by atoms with van der Waals surface area (Å²) in [5, 5.41) is 2.20. The van der Waals surface area contributed by atoms with E-state index in [0.29, 0.717) is 5.92 Å². The molecule has 0 aliphatic heterocycles. The lowest BCUT2D eigenvalue weighted by atomic mass is 10.00. The van der Waals surface area contributed by atoms with Gasteiger partial charge in [-0.05, 0) is 43.0 Å². The summed E-state index contributed by atoms with van der Waals surface area (Å²) in [6.45, 7) is 8.56. The minimum Gasteiger partial charge on any atom is -0.437 e. The molecule has 3 heteroatoms. The van der Waals surface area contributed by atoms with Crippen LogP contribution in [-0.2, 0) is 7.05 Å². The molecular weight excluding hydrogens is 308 g/mol. The third-order valence-electron chi connectivity index (χ3n) is 4.89. The van der Waals surface area contributed by atoms with E-state index in [-0.39, 0.29) is 0 Å². The predicted octanol–water partition coefficient (Wildman–Crippen LogP) is 5.21. The van der Waals surface area contributed by atoms with Gasteiger partial charge in [0.05, 0.1) is 5.56 Å². The lowest BCUT2D eigenvalue weighted by Gasteiger charge is -2.06. The van der Waals surface area contributed by atoms with Crippen LogP contribution in [0.25, 0.3) is 33.3 Å². The van der Waals surface area contributed by atoms with Gasteiger partial charge in [0.25, 0.3) is 0 Å². The van der Waals surface area contributed by atoms with E-state index in [0.717, 1.165) is 39.0 Å². The highest BCUT2D eigenvalue weighted by Crippen LogP contribution is 2.36. The van der Waals surface area contributed by atoms with E-state index in [9.17, 15) is 0 Å². The van der Waals surface area contributed by atoms with Crippen molar-refractivity contribution in [2.45, 2.75) is 33.6 Å². The van der Waals surface area contributed by atoms with Crippen LogP contribution < -0.4 is 4.57 Å². The standard InChI is InChI=1S/C22H23N2O/c1-13(2)18-9-8-17-16-7-6-15(4)20(21(16)25-22(17)23-18)19-12-14(3)10-11-24(19)5/h6-13H,1-5H3/q+1. The normalized spacial score (nSPS) is 11.8. The molecule has 0 aliphatic rings. The molecule has 0 fully saturated rings. The molecule has 0 aliphatic carbocycles. The Morgan fingerprint density at radius 3 is 2.52 bits per heavy atom. The Balaban J connectivity index is 2.09. The summed E-state index contributed by atoms with van der Waals surface area (Å²) in [6.07, 6.45) is 2.10. The number of furan rings is 1. The molecule has 0 bridgehead atoms. The van der Waals surface area contributed by atoms with Crippen LogP contribution in [0.1, 0.15) is 36.6 Å². The van der Waals surface area contributed by atoms with Crippen LogP contribution in [0.2, 0.25) is 0 Å². The summed E-state index contributed by atoms with van der Waals surface area (Å²) >= 11 is 0. The van der Waals surface area contributed by atoms with Crippen molar-refractivity contribution in [1.82, 2.24) is 4.98 Å². The second kappa shape index (κ2) is 5.69. The zero-order valence-electron chi connectivity index (χ0n) is 15.4. The van der Waals surface area contributed by atoms with Gasteiger partial charge in [-0.1, -0.05) is 26.0 Å². The van der Waals surface area contributed by atoms with E-state index < -0.39 is 0 Å². The number of aromatic nitrogens is 2. The third kappa shape index (κ3) is 2.51. The molecule has 1 aromatic carbocycles. The molecular formula is C22H23N2O+. The zero-order chi connectivity index (χ0) is 17.7. The number of fused-ring (bicyclic) bond motifs is 3. The van der Waals surface area contributed by atoms with Gasteiger partial charge in [0.2, 0.25) is 11.4 Å². The van der Waals surface area contributed by atoms with E-state index in [1.54, 1.807) is 0 Å². The van der Waals surface area contributed by atoms with Gasteiger partial charge >= 0.3 is 0 Å². The van der Waals surface area contributed by atoms with Gasteiger partial charge in [0.15, 0.2) is 11.8 Å². The van der Waals surface area contributed by atoms with E-state index in [2.05, 4.69) is 81.9 Å². The Kier molecular flexibility index (Phi) is 3.60. The fraction of sp³-hybridized carbons (Fsp3) is 0.273. The molecule has 0 spiro atoms. The molecule has 0 saturated heterocycles. The molecule has 3 aromatic heterocycles. The summed E-state index contributed by atoms with van der Waals surface area (Å²) in [5.74, 6) is 0.383. The largest absolute Gasteiger partial charge is 0.437 e. The van der Waals surface area contributed by atoms with Gasteiger partial charge in [0.1, 0.15) is 7.05 Å². The van der Waals surface area contributed by atoms with Crippen LogP contribution in [-0.4, -0.2) is 4.98 Å². The first-order valence-electron chi connectivity index (χ1n) is 8.75. The van der Waals surface area contributed by atoms with Crippen LogP contribution >= 0.6 is 0 Å². The Hall–Kier alpha value is -2.68. The molecule has 0 unspecified atom stereocenters. The lowest BCUT2D eigenvalue weighted by molar-refractivity contribution is -0.660. The highest BCUT2D eigenvalue weighted by molar-refractivity contribution is 6.08. The number of hydrogen-bond donors (Lipinski definition) is 0. The summed E-state index contributed by atoms with van der Waals surface area (Å²) in [4.78, 5) is 4.74. The summed E-state index contributed by atoms with van der Waals surface area (Å²) in [7, 11) is 2.07. The maximum absolute atomic E-state index is 6.28. The highest BCUT2D eigenvalue weighted by Gasteiger charge is 2.21. The third-order valence-corrected chi connectivity index (χ3v) is 4.89. The molecule has 4 rings (SSSR count). The fourth-order valence-electron chi connectivity index (χ4n) is 3.40. The van der Waals surface area contributed by atoms with Crippen molar-refractivity contribution in [3.8, 4) is 11.3 Å². The van der Waals surface area contributed by atoms with Crippen LogP contribution in [0.15, 0.2) is 47.0 Å². The SMILES string of the molecule is Cc1cc[n+](C)c(-c2c(C)ccc3c2oc2nc(C(C)C)ccc23)c1. The molecule has 0 saturated carbocycles. The minimum absolute atomic E-state index is 0.383. The van der Waals surface area contributed by atoms with Crippen molar-refractivity contribution >= 4 is 22.1 Å². The van der Waals surface area contributed by atoms with Crippen LogP contribution in [0.5, 0.6) is 0 Å². The molecule has 126 valence electrons. The molecule has 0 radical (unpaired) electrons. The number of hydrogen-bond acceptors (Lipinski definition) is 2. The highest BCUT2D eigenvalue weighted by atomic mass is 16.3. The second-order valence-electron chi connectivity index (χ2n) is 7.18. The van der Waals surface area contributed by atoms with E-state index in [1.807, 2.05) is 0 Å². The van der Waals surface area contributed by atoms with Crippen LogP contribution in [0.3, 0.4) is 0 Å². The molecule has 0 atom stereocenters. The van der Waals surface area contributed by atoms with Gasteiger partial charge in [-0.25, -0.2) is 9.55 Å². The van der Waals surface area contributed by atoms with E-state index in [1.165, 1.54) is 11.1 Å². The summed E-state index contributed by atoms with van der Waals surface area (Å²) in [6, 6.07) is 12.9. The van der Waals surface area contributed by atoms with Crippen molar-refractivity contribution < 1.29 is 8.98 Å². The number of pyridine rings is 2. The van der Waals surface area contributed by atoms with Crippen LogP contribution in [0.4, 0.5) is 0 Å². The smallest absolute Gasteiger partial charge is 0.227 e. The van der Waals surface area contributed by atoms with E-state index >= 15 is 0 Å². The Morgan fingerprint density at radius 2 is 1.76 bits per heavy atom. The van der Waals surface area contributed by atoms with Crippen LogP contribution in [0, 0.1) is 13.8 Å². The first kappa shape index (κ1) is 15.8. The maximum Gasteiger partial charge on any atom is 0.227 e. The molecule has 25 heavy (non-hydrogen) atoms.